The molecule has 3 rings (SSSR count). The van der Waals surface area contributed by atoms with E-state index in [1.165, 1.54) is 11.3 Å². The second-order valence-electron chi connectivity index (χ2n) is 5.69. The maximum absolute atomic E-state index is 12.7. The van der Waals surface area contributed by atoms with Gasteiger partial charge in [0.2, 0.25) is 0 Å². The van der Waals surface area contributed by atoms with Gasteiger partial charge in [0.05, 0.1) is 17.1 Å². The maximum Gasteiger partial charge on any atom is 0.341 e. The third-order valence-electron chi connectivity index (χ3n) is 4.00. The highest BCUT2D eigenvalue weighted by molar-refractivity contribution is 14.1. The molecule has 1 heterocycles. The minimum atomic E-state index is -3.75. The zero-order valence-electron chi connectivity index (χ0n) is 13.7. The number of ether oxygens (including phenoxy) is 1. The Hall–Kier alpha value is -1.13. The average molecular weight is 491 g/mol. The molecule has 0 fully saturated rings. The summed E-state index contributed by atoms with van der Waals surface area (Å²) in [5.74, 6) is -0.456. The number of benzene rings is 1. The molecule has 1 aromatic carbocycles. The van der Waals surface area contributed by atoms with Crippen molar-refractivity contribution in [3.8, 4) is 0 Å². The molecule has 0 atom stereocenters. The third-order valence-corrected chi connectivity index (χ3v) is 7.42. The summed E-state index contributed by atoms with van der Waals surface area (Å²) in [6.45, 7) is 2.00. The fourth-order valence-corrected chi connectivity index (χ4v) is 5.79. The molecule has 1 aromatic heterocycles. The highest BCUT2D eigenvalue weighted by atomic mass is 127. The normalized spacial score (nSPS) is 14.0. The van der Waals surface area contributed by atoms with Crippen LogP contribution in [0.15, 0.2) is 29.2 Å². The molecule has 1 aliphatic rings. The van der Waals surface area contributed by atoms with Crippen molar-refractivity contribution in [3.63, 3.8) is 0 Å². The molecule has 0 saturated heterocycles. The Balaban J connectivity index is 2.00. The standard InChI is InChI=1S/C17H18INO4S2/c1-2-23-17(20)15-13-5-3-4-6-14(13)24-16(15)19-25(21,22)12-9-7-11(18)8-10-12/h7-10,19H,2-6H2,1H3. The molecule has 134 valence electrons. The lowest BCUT2D eigenvalue weighted by Crippen LogP contribution is -2.16. The van der Waals surface area contributed by atoms with Crippen molar-refractivity contribution < 1.29 is 17.9 Å². The van der Waals surface area contributed by atoms with Gasteiger partial charge in [-0.3, -0.25) is 4.72 Å². The molecule has 2 aromatic rings. The third kappa shape index (κ3) is 4.01. The molecule has 0 spiro atoms. The van der Waals surface area contributed by atoms with Crippen LogP contribution < -0.4 is 4.72 Å². The molecular weight excluding hydrogens is 473 g/mol. The van der Waals surface area contributed by atoms with Crippen molar-refractivity contribution in [3.05, 3.63) is 43.8 Å². The number of nitrogens with one attached hydrogen (secondary N) is 1. The topological polar surface area (TPSA) is 72.5 Å². The molecule has 0 amide bonds. The fraction of sp³-hybridized carbons (Fsp3) is 0.353. The van der Waals surface area contributed by atoms with Crippen molar-refractivity contribution in [1.29, 1.82) is 0 Å². The Morgan fingerprint density at radius 2 is 1.92 bits per heavy atom. The van der Waals surface area contributed by atoms with E-state index in [1.54, 1.807) is 31.2 Å². The van der Waals surface area contributed by atoms with Crippen LogP contribution >= 0.6 is 33.9 Å². The highest BCUT2D eigenvalue weighted by Gasteiger charge is 2.28. The lowest BCUT2D eigenvalue weighted by molar-refractivity contribution is 0.0526. The Labute approximate surface area is 165 Å². The van der Waals surface area contributed by atoms with E-state index in [2.05, 4.69) is 27.3 Å². The Bertz CT molecular complexity index is 888. The first kappa shape index (κ1) is 18.7. The summed E-state index contributed by atoms with van der Waals surface area (Å²) in [6.07, 6.45) is 3.71. The number of carbonyl (C=O) groups is 1. The van der Waals surface area contributed by atoms with Crippen LogP contribution in [0.4, 0.5) is 5.00 Å². The number of halogens is 1. The second-order valence-corrected chi connectivity index (χ2v) is 9.73. The zero-order chi connectivity index (χ0) is 18.0. The monoisotopic (exact) mass is 491 g/mol. The van der Waals surface area contributed by atoms with Gasteiger partial charge in [0.25, 0.3) is 10.0 Å². The van der Waals surface area contributed by atoms with Gasteiger partial charge in [0.1, 0.15) is 5.00 Å². The fourth-order valence-electron chi connectivity index (χ4n) is 2.85. The van der Waals surface area contributed by atoms with Crippen molar-refractivity contribution in [1.82, 2.24) is 0 Å². The Morgan fingerprint density at radius 3 is 2.60 bits per heavy atom. The van der Waals surface area contributed by atoms with Crippen molar-refractivity contribution in [2.75, 3.05) is 11.3 Å². The van der Waals surface area contributed by atoms with E-state index in [0.29, 0.717) is 10.6 Å². The van der Waals surface area contributed by atoms with Crippen LogP contribution in [0, 0.1) is 3.57 Å². The van der Waals surface area contributed by atoms with E-state index in [9.17, 15) is 13.2 Å². The van der Waals surface area contributed by atoms with Gasteiger partial charge in [-0.05, 0) is 85.0 Å². The minimum absolute atomic E-state index is 0.175. The second kappa shape index (κ2) is 7.63. The summed E-state index contributed by atoms with van der Waals surface area (Å²) < 4.78 is 34.1. The van der Waals surface area contributed by atoms with Gasteiger partial charge in [-0.25, -0.2) is 13.2 Å². The quantitative estimate of drug-likeness (QED) is 0.503. The predicted molar refractivity (Wildman–Crippen MR) is 107 cm³/mol. The largest absolute Gasteiger partial charge is 0.462 e. The summed E-state index contributed by atoms with van der Waals surface area (Å²) in [5.41, 5.74) is 1.32. The maximum atomic E-state index is 12.7. The van der Waals surface area contributed by atoms with Crippen molar-refractivity contribution in [2.45, 2.75) is 37.5 Å². The number of carbonyl (C=O) groups excluding carboxylic acids is 1. The number of aryl methyl sites for hydroxylation is 1. The van der Waals surface area contributed by atoms with Gasteiger partial charge in [-0.1, -0.05) is 0 Å². The van der Waals surface area contributed by atoms with Crippen LogP contribution in [-0.2, 0) is 27.6 Å². The molecule has 0 saturated carbocycles. The molecule has 25 heavy (non-hydrogen) atoms. The number of hydrogen-bond donors (Lipinski definition) is 1. The number of anilines is 1. The van der Waals surface area contributed by atoms with Gasteiger partial charge in [0, 0.05) is 8.45 Å². The van der Waals surface area contributed by atoms with E-state index in [0.717, 1.165) is 39.7 Å². The molecule has 0 radical (unpaired) electrons. The van der Waals surface area contributed by atoms with Crippen LogP contribution in [0.3, 0.4) is 0 Å². The molecule has 1 aliphatic carbocycles. The smallest absolute Gasteiger partial charge is 0.341 e. The molecular formula is C17H18INO4S2. The number of hydrogen-bond acceptors (Lipinski definition) is 5. The highest BCUT2D eigenvalue weighted by Crippen LogP contribution is 2.39. The Morgan fingerprint density at radius 1 is 1.24 bits per heavy atom. The molecule has 1 N–H and O–H groups in total. The first-order valence-electron chi connectivity index (χ1n) is 8.02. The number of rotatable bonds is 5. The SMILES string of the molecule is CCOC(=O)c1c(NS(=O)(=O)c2ccc(I)cc2)sc2c1CCCC2. The summed E-state index contributed by atoms with van der Waals surface area (Å²) >= 11 is 3.47. The summed E-state index contributed by atoms with van der Waals surface area (Å²) in [7, 11) is -3.75. The van der Waals surface area contributed by atoms with Crippen LogP contribution in [0.5, 0.6) is 0 Å². The zero-order valence-corrected chi connectivity index (χ0v) is 17.5. The van der Waals surface area contributed by atoms with Gasteiger partial charge in [-0.2, -0.15) is 0 Å². The first-order chi connectivity index (χ1) is 11.9. The molecule has 0 aliphatic heterocycles. The first-order valence-corrected chi connectivity index (χ1v) is 11.4. The Kier molecular flexibility index (Phi) is 5.69. The van der Waals surface area contributed by atoms with E-state index >= 15 is 0 Å². The van der Waals surface area contributed by atoms with Crippen LogP contribution in [0.1, 0.15) is 40.6 Å². The molecule has 8 heteroatoms. The van der Waals surface area contributed by atoms with E-state index in [4.69, 9.17) is 4.74 Å². The van der Waals surface area contributed by atoms with Gasteiger partial charge < -0.3 is 4.74 Å². The van der Waals surface area contributed by atoms with E-state index in [1.807, 2.05) is 0 Å². The molecule has 5 nitrogen and oxygen atoms in total. The van der Waals surface area contributed by atoms with Gasteiger partial charge in [-0.15, -0.1) is 11.3 Å². The van der Waals surface area contributed by atoms with Gasteiger partial charge >= 0.3 is 5.97 Å². The van der Waals surface area contributed by atoms with Crippen LogP contribution in [-0.4, -0.2) is 21.0 Å². The average Bonchev–Trinajstić information content (AvgIpc) is 2.92. The number of fused-ring (bicyclic) bond motifs is 1. The number of thiophene rings is 1. The molecule has 0 bridgehead atoms. The summed E-state index contributed by atoms with van der Waals surface area (Å²) in [6, 6.07) is 6.59. The van der Waals surface area contributed by atoms with Gasteiger partial charge in [0.15, 0.2) is 0 Å². The molecule has 0 unspecified atom stereocenters. The van der Waals surface area contributed by atoms with Crippen molar-refractivity contribution >= 4 is 54.9 Å². The summed E-state index contributed by atoms with van der Waals surface area (Å²) in [5, 5.41) is 0.365. The number of sulfonamides is 1. The van der Waals surface area contributed by atoms with Crippen LogP contribution in [0.25, 0.3) is 0 Å². The van der Waals surface area contributed by atoms with E-state index in [-0.39, 0.29) is 11.5 Å². The predicted octanol–water partition coefficient (Wildman–Crippen LogP) is 4.21. The van der Waals surface area contributed by atoms with Crippen LogP contribution in [0.2, 0.25) is 0 Å². The summed E-state index contributed by atoms with van der Waals surface area (Å²) in [4.78, 5) is 13.7. The van der Waals surface area contributed by atoms with E-state index < -0.39 is 16.0 Å². The number of esters is 1. The lowest BCUT2D eigenvalue weighted by atomic mass is 9.95. The minimum Gasteiger partial charge on any atom is -0.462 e. The lowest BCUT2D eigenvalue weighted by Gasteiger charge is -2.12. The van der Waals surface area contributed by atoms with Crippen molar-refractivity contribution in [2.24, 2.45) is 0 Å².